The molecule has 2 rings (SSSR count). The van der Waals surface area contributed by atoms with E-state index in [2.05, 4.69) is 26.9 Å². The zero-order chi connectivity index (χ0) is 16.8. The van der Waals surface area contributed by atoms with Gasteiger partial charge < -0.3 is 15.5 Å². The van der Waals surface area contributed by atoms with E-state index in [0.29, 0.717) is 11.8 Å². The fraction of sp³-hybridized carbons (Fsp3) is 0.750. The monoisotopic (exact) mass is 339 g/mol. The predicted molar refractivity (Wildman–Crippen MR) is 95.7 cm³/mol. The van der Waals surface area contributed by atoms with Gasteiger partial charge in [-0.2, -0.15) is 16.9 Å². The van der Waals surface area contributed by atoms with Gasteiger partial charge in [0.1, 0.15) is 0 Å². The molecular weight excluding hydrogens is 310 g/mol. The third kappa shape index (κ3) is 5.14. The Bertz CT molecular complexity index is 504. The minimum atomic E-state index is -0.0632. The molecule has 0 aliphatic heterocycles. The van der Waals surface area contributed by atoms with E-state index in [1.165, 1.54) is 19.3 Å². The Hall–Kier alpha value is -1.21. The van der Waals surface area contributed by atoms with Crippen LogP contribution in [0.2, 0.25) is 0 Å². The van der Waals surface area contributed by atoms with E-state index in [1.807, 2.05) is 45.3 Å². The third-order valence-electron chi connectivity index (χ3n) is 4.51. The summed E-state index contributed by atoms with van der Waals surface area (Å²) in [4.78, 5) is 14.4. The van der Waals surface area contributed by atoms with Crippen LogP contribution in [-0.4, -0.2) is 58.9 Å². The number of rotatable bonds is 6. The Balaban J connectivity index is 1.86. The Morgan fingerprint density at radius 1 is 1.48 bits per heavy atom. The minimum Gasteiger partial charge on any atom is -0.336 e. The number of carbonyl (C=O) groups excluding carboxylic acids is 1. The number of amides is 2. The van der Waals surface area contributed by atoms with E-state index < -0.39 is 0 Å². The Morgan fingerprint density at radius 2 is 2.22 bits per heavy atom. The normalized spacial score (nSPS) is 22.8. The van der Waals surface area contributed by atoms with Gasteiger partial charge in [0.2, 0.25) is 0 Å². The Labute approximate surface area is 143 Å². The molecule has 1 fully saturated rings. The number of aryl methyl sites for hydroxylation is 1. The number of aromatic nitrogens is 2. The van der Waals surface area contributed by atoms with Gasteiger partial charge in [-0.1, -0.05) is 12.8 Å². The molecule has 0 unspecified atom stereocenters. The molecule has 1 saturated carbocycles. The van der Waals surface area contributed by atoms with Crippen molar-refractivity contribution in [2.24, 2.45) is 7.05 Å². The summed E-state index contributed by atoms with van der Waals surface area (Å²) in [7, 11) is 5.94. The molecule has 0 spiro atoms. The SMILES string of the molecule is CS[C@@H]1CCCC[C@H]1NC(=O)NC[C@@H](c1cnn(C)c1)N(C)C. The summed E-state index contributed by atoms with van der Waals surface area (Å²) in [6.45, 7) is 0.571. The van der Waals surface area contributed by atoms with Crippen molar-refractivity contribution in [3.63, 3.8) is 0 Å². The van der Waals surface area contributed by atoms with Crippen molar-refractivity contribution >= 4 is 17.8 Å². The molecule has 130 valence electrons. The van der Waals surface area contributed by atoms with Crippen LogP contribution in [0.5, 0.6) is 0 Å². The van der Waals surface area contributed by atoms with Crippen LogP contribution in [0.25, 0.3) is 0 Å². The van der Waals surface area contributed by atoms with Crippen LogP contribution in [0, 0.1) is 0 Å². The largest absolute Gasteiger partial charge is 0.336 e. The van der Waals surface area contributed by atoms with Crippen LogP contribution in [0.15, 0.2) is 12.4 Å². The lowest BCUT2D eigenvalue weighted by Crippen LogP contribution is -2.49. The van der Waals surface area contributed by atoms with E-state index in [0.717, 1.165) is 12.0 Å². The number of hydrogen-bond donors (Lipinski definition) is 2. The fourth-order valence-electron chi connectivity index (χ4n) is 3.16. The first-order valence-electron chi connectivity index (χ1n) is 8.23. The maximum Gasteiger partial charge on any atom is 0.315 e. The van der Waals surface area contributed by atoms with Gasteiger partial charge in [-0.25, -0.2) is 4.79 Å². The van der Waals surface area contributed by atoms with Crippen molar-refractivity contribution < 1.29 is 4.79 Å². The van der Waals surface area contributed by atoms with Gasteiger partial charge in [-0.3, -0.25) is 4.68 Å². The standard InChI is InChI=1S/C16H29N5OS/c1-20(2)14(12-9-18-21(3)11-12)10-17-16(22)19-13-7-5-6-8-15(13)23-4/h9,11,13-15H,5-8,10H2,1-4H3,(H2,17,19,22)/t13-,14+,15-/m1/s1. The van der Waals surface area contributed by atoms with Crippen molar-refractivity contribution in [3.05, 3.63) is 18.0 Å². The Kier molecular flexibility index (Phi) is 6.77. The molecule has 3 atom stereocenters. The van der Waals surface area contributed by atoms with Gasteiger partial charge in [-0.15, -0.1) is 0 Å². The quantitative estimate of drug-likeness (QED) is 0.832. The zero-order valence-corrected chi connectivity index (χ0v) is 15.4. The van der Waals surface area contributed by atoms with Gasteiger partial charge in [-0.05, 0) is 33.2 Å². The van der Waals surface area contributed by atoms with Gasteiger partial charge >= 0.3 is 6.03 Å². The average molecular weight is 340 g/mol. The number of nitrogens with zero attached hydrogens (tertiary/aromatic N) is 3. The summed E-state index contributed by atoms with van der Waals surface area (Å²) < 4.78 is 1.79. The molecule has 0 bridgehead atoms. The molecular formula is C16H29N5OS. The molecule has 23 heavy (non-hydrogen) atoms. The lowest BCUT2D eigenvalue weighted by Gasteiger charge is -2.31. The van der Waals surface area contributed by atoms with Gasteiger partial charge in [0.25, 0.3) is 0 Å². The van der Waals surface area contributed by atoms with Crippen molar-refractivity contribution in [3.8, 4) is 0 Å². The smallest absolute Gasteiger partial charge is 0.315 e. The summed E-state index contributed by atoms with van der Waals surface area (Å²) in [6, 6.07) is 0.346. The predicted octanol–water partition coefficient (Wildman–Crippen LogP) is 2.00. The second-order valence-corrected chi connectivity index (χ2v) is 7.52. The van der Waals surface area contributed by atoms with Crippen LogP contribution in [-0.2, 0) is 7.05 Å². The van der Waals surface area contributed by atoms with Gasteiger partial charge in [0.05, 0.1) is 12.2 Å². The minimum absolute atomic E-state index is 0.0632. The maximum absolute atomic E-state index is 12.3. The first kappa shape index (κ1) is 18.1. The van der Waals surface area contributed by atoms with Crippen LogP contribution in [0.4, 0.5) is 4.79 Å². The second-order valence-electron chi connectivity index (χ2n) is 6.45. The topological polar surface area (TPSA) is 62.2 Å². The lowest BCUT2D eigenvalue weighted by atomic mass is 9.95. The van der Waals surface area contributed by atoms with E-state index in [-0.39, 0.29) is 18.1 Å². The van der Waals surface area contributed by atoms with Crippen LogP contribution >= 0.6 is 11.8 Å². The summed E-state index contributed by atoms with van der Waals surface area (Å²) in [5.74, 6) is 0. The van der Waals surface area contributed by atoms with Gasteiger partial charge in [0.15, 0.2) is 0 Å². The molecule has 0 saturated heterocycles. The first-order valence-corrected chi connectivity index (χ1v) is 9.52. The van der Waals surface area contributed by atoms with E-state index in [1.54, 1.807) is 4.68 Å². The van der Waals surface area contributed by atoms with Crippen LogP contribution in [0.1, 0.15) is 37.3 Å². The molecule has 0 aromatic carbocycles. The maximum atomic E-state index is 12.3. The third-order valence-corrected chi connectivity index (χ3v) is 5.68. The molecule has 1 aliphatic rings. The van der Waals surface area contributed by atoms with Gasteiger partial charge in [0, 0.05) is 36.6 Å². The van der Waals surface area contributed by atoms with Crippen LogP contribution in [0.3, 0.4) is 0 Å². The zero-order valence-electron chi connectivity index (χ0n) is 14.6. The molecule has 6 nitrogen and oxygen atoms in total. The van der Waals surface area contributed by atoms with Crippen molar-refractivity contribution in [2.75, 3.05) is 26.9 Å². The lowest BCUT2D eigenvalue weighted by molar-refractivity contribution is 0.226. The van der Waals surface area contributed by atoms with E-state index in [4.69, 9.17) is 0 Å². The van der Waals surface area contributed by atoms with Crippen molar-refractivity contribution in [1.29, 1.82) is 0 Å². The highest BCUT2D eigenvalue weighted by molar-refractivity contribution is 7.99. The first-order chi connectivity index (χ1) is 11.0. The number of likely N-dealkylation sites (N-methyl/N-ethyl adjacent to an activating group) is 1. The molecule has 1 aliphatic carbocycles. The average Bonchev–Trinajstić information content (AvgIpc) is 2.94. The highest BCUT2D eigenvalue weighted by Crippen LogP contribution is 2.27. The number of nitrogens with one attached hydrogen (secondary N) is 2. The molecule has 2 N–H and O–H groups in total. The summed E-state index contributed by atoms with van der Waals surface area (Å²) in [6.07, 6.45) is 10.7. The molecule has 0 radical (unpaired) electrons. The number of hydrogen-bond acceptors (Lipinski definition) is 4. The molecule has 1 aromatic heterocycles. The fourth-order valence-corrected chi connectivity index (χ4v) is 4.10. The van der Waals surface area contributed by atoms with Crippen LogP contribution < -0.4 is 10.6 Å². The van der Waals surface area contributed by atoms with E-state index in [9.17, 15) is 4.79 Å². The molecule has 1 aromatic rings. The number of thioether (sulfide) groups is 1. The van der Waals surface area contributed by atoms with E-state index >= 15 is 0 Å². The van der Waals surface area contributed by atoms with Crippen molar-refractivity contribution in [2.45, 2.75) is 43.0 Å². The highest BCUT2D eigenvalue weighted by Gasteiger charge is 2.26. The molecule has 2 amide bonds. The molecule has 1 heterocycles. The summed E-state index contributed by atoms with van der Waals surface area (Å²) in [5, 5.41) is 10.9. The number of urea groups is 1. The summed E-state index contributed by atoms with van der Waals surface area (Å²) >= 11 is 1.86. The Morgan fingerprint density at radius 3 is 2.83 bits per heavy atom. The molecule has 7 heteroatoms. The summed E-state index contributed by atoms with van der Waals surface area (Å²) in [5.41, 5.74) is 1.11. The number of carbonyl (C=O) groups is 1. The highest BCUT2D eigenvalue weighted by atomic mass is 32.2. The second kappa shape index (κ2) is 8.59. The van der Waals surface area contributed by atoms with Crippen molar-refractivity contribution in [1.82, 2.24) is 25.3 Å².